The number of ether oxygens (including phenoxy) is 1. The highest BCUT2D eigenvalue weighted by Crippen LogP contribution is 2.32. The number of carbonyl (C=O) groups is 3. The topological polar surface area (TPSA) is 91.8 Å². The van der Waals surface area contributed by atoms with Gasteiger partial charge in [0.1, 0.15) is 11.1 Å². The van der Waals surface area contributed by atoms with Gasteiger partial charge in [0.05, 0.1) is 5.69 Å². The molecule has 25 heavy (non-hydrogen) atoms. The second kappa shape index (κ2) is 6.02. The van der Waals surface area contributed by atoms with E-state index in [1.165, 1.54) is 12.4 Å². The molecule has 0 unspecified atom stereocenters. The summed E-state index contributed by atoms with van der Waals surface area (Å²) in [5.74, 6) is -0.285. The van der Waals surface area contributed by atoms with Gasteiger partial charge in [-0.25, -0.2) is 14.5 Å². The molecule has 1 N–H and O–H groups in total. The Morgan fingerprint density at radius 2 is 1.80 bits per heavy atom. The molecule has 0 radical (unpaired) electrons. The van der Waals surface area contributed by atoms with E-state index in [2.05, 4.69) is 10.3 Å². The Kier molecular flexibility index (Phi) is 4.14. The number of rotatable bonds is 1. The number of pyridine rings is 1. The average Bonchev–Trinajstić information content (AvgIpc) is 2.77. The molecule has 0 atom stereocenters. The van der Waals surface area contributed by atoms with Crippen molar-refractivity contribution in [2.75, 3.05) is 18.0 Å². The van der Waals surface area contributed by atoms with Gasteiger partial charge in [-0.3, -0.25) is 9.78 Å². The number of anilines is 1. The fraction of sp³-hybridized carbons (Fsp3) is 0.529. The summed E-state index contributed by atoms with van der Waals surface area (Å²) in [6.45, 7) is 6.13. The van der Waals surface area contributed by atoms with Gasteiger partial charge in [0, 0.05) is 25.5 Å². The zero-order valence-corrected chi connectivity index (χ0v) is 14.6. The lowest BCUT2D eigenvalue weighted by Crippen LogP contribution is -2.56. The number of carbonyl (C=O) groups excluding carboxylic acids is 3. The molecule has 2 aliphatic rings. The van der Waals surface area contributed by atoms with E-state index < -0.39 is 23.3 Å². The molecule has 2 saturated heterocycles. The molecular formula is C17H22N4O4. The summed E-state index contributed by atoms with van der Waals surface area (Å²) in [6.07, 6.45) is 3.39. The molecule has 8 heteroatoms. The average molecular weight is 346 g/mol. The van der Waals surface area contributed by atoms with E-state index in [-0.39, 0.29) is 5.91 Å². The molecule has 1 aromatic heterocycles. The first kappa shape index (κ1) is 17.2. The Morgan fingerprint density at radius 1 is 1.20 bits per heavy atom. The summed E-state index contributed by atoms with van der Waals surface area (Å²) < 4.78 is 5.36. The van der Waals surface area contributed by atoms with Crippen LogP contribution >= 0.6 is 0 Å². The molecule has 0 bridgehead atoms. The Morgan fingerprint density at radius 3 is 2.36 bits per heavy atom. The molecule has 0 saturated carbocycles. The molecule has 2 aliphatic heterocycles. The highest BCUT2D eigenvalue weighted by atomic mass is 16.6. The van der Waals surface area contributed by atoms with E-state index in [4.69, 9.17) is 4.74 Å². The minimum absolute atomic E-state index is 0.285. The second-order valence-electron chi connectivity index (χ2n) is 7.33. The summed E-state index contributed by atoms with van der Waals surface area (Å²) in [6, 6.07) is 2.79. The summed E-state index contributed by atoms with van der Waals surface area (Å²) in [5.41, 5.74) is -1.04. The van der Waals surface area contributed by atoms with Crippen molar-refractivity contribution in [2.24, 2.45) is 0 Å². The first-order valence-electron chi connectivity index (χ1n) is 8.27. The predicted octanol–water partition coefficient (Wildman–Crippen LogP) is 1.91. The van der Waals surface area contributed by atoms with E-state index in [1.807, 2.05) is 20.8 Å². The third-order valence-corrected chi connectivity index (χ3v) is 4.35. The third-order valence-electron chi connectivity index (χ3n) is 4.35. The number of amides is 4. The van der Waals surface area contributed by atoms with Crippen molar-refractivity contribution in [1.82, 2.24) is 15.2 Å². The van der Waals surface area contributed by atoms with Gasteiger partial charge in [0.15, 0.2) is 0 Å². The summed E-state index contributed by atoms with van der Waals surface area (Å²) in [7, 11) is 0. The minimum Gasteiger partial charge on any atom is -0.444 e. The van der Waals surface area contributed by atoms with Crippen molar-refractivity contribution in [3.8, 4) is 0 Å². The number of piperidine rings is 1. The Bertz CT molecular complexity index is 690. The maximum absolute atomic E-state index is 12.9. The first-order chi connectivity index (χ1) is 11.7. The highest BCUT2D eigenvalue weighted by molar-refractivity contribution is 6.23. The van der Waals surface area contributed by atoms with E-state index in [1.54, 1.807) is 17.0 Å². The van der Waals surface area contributed by atoms with Gasteiger partial charge < -0.3 is 15.0 Å². The molecule has 3 rings (SSSR count). The summed E-state index contributed by atoms with van der Waals surface area (Å²) in [4.78, 5) is 44.0. The number of hydrogen-bond donors (Lipinski definition) is 1. The highest BCUT2D eigenvalue weighted by Gasteiger charge is 2.53. The maximum atomic E-state index is 12.9. The lowest BCUT2D eigenvalue weighted by atomic mass is 9.87. The van der Waals surface area contributed by atoms with Gasteiger partial charge in [0.2, 0.25) is 0 Å². The van der Waals surface area contributed by atoms with Crippen molar-refractivity contribution in [3.63, 3.8) is 0 Å². The number of hydrogen-bond acceptors (Lipinski definition) is 5. The fourth-order valence-corrected chi connectivity index (χ4v) is 3.08. The zero-order chi connectivity index (χ0) is 18.2. The van der Waals surface area contributed by atoms with Gasteiger partial charge in [-0.1, -0.05) is 0 Å². The molecule has 134 valence electrons. The Balaban J connectivity index is 1.70. The molecule has 0 aliphatic carbocycles. The minimum atomic E-state index is -0.959. The van der Waals surface area contributed by atoms with Crippen LogP contribution in [0.3, 0.4) is 0 Å². The normalized spacial score (nSPS) is 20.0. The Hall–Kier alpha value is -2.64. The standard InChI is InChI=1S/C17H22N4O4/c1-16(2,3)25-15(24)20-10-6-17(7-11-20)13(22)21(14(23)19-17)12-4-8-18-9-5-12/h4-5,8-9H,6-7,10-11H2,1-3H3,(H,19,23). The van der Waals surface area contributed by atoms with Crippen LogP contribution in [0.25, 0.3) is 0 Å². The van der Waals surface area contributed by atoms with E-state index in [0.717, 1.165) is 4.90 Å². The number of nitrogens with one attached hydrogen (secondary N) is 1. The van der Waals surface area contributed by atoms with E-state index in [0.29, 0.717) is 31.6 Å². The summed E-state index contributed by atoms with van der Waals surface area (Å²) in [5, 5.41) is 2.81. The smallest absolute Gasteiger partial charge is 0.410 e. The molecule has 0 aromatic carbocycles. The SMILES string of the molecule is CC(C)(C)OC(=O)N1CCC2(CC1)NC(=O)N(c1ccncc1)C2=O. The molecule has 1 spiro atoms. The van der Waals surface area contributed by atoms with Crippen LogP contribution in [0.15, 0.2) is 24.5 Å². The van der Waals surface area contributed by atoms with Crippen LogP contribution < -0.4 is 10.2 Å². The number of nitrogens with zero attached hydrogens (tertiary/aromatic N) is 3. The van der Waals surface area contributed by atoms with Crippen molar-refractivity contribution in [3.05, 3.63) is 24.5 Å². The Labute approximate surface area is 146 Å². The van der Waals surface area contributed by atoms with Crippen LogP contribution in [0.2, 0.25) is 0 Å². The number of aromatic nitrogens is 1. The van der Waals surface area contributed by atoms with Crippen molar-refractivity contribution < 1.29 is 19.1 Å². The van der Waals surface area contributed by atoms with Gasteiger partial charge in [-0.2, -0.15) is 0 Å². The van der Waals surface area contributed by atoms with Crippen LogP contribution in [-0.2, 0) is 9.53 Å². The lowest BCUT2D eigenvalue weighted by Gasteiger charge is -2.37. The molecular weight excluding hydrogens is 324 g/mol. The zero-order valence-electron chi connectivity index (χ0n) is 14.6. The van der Waals surface area contributed by atoms with Gasteiger partial charge in [-0.15, -0.1) is 0 Å². The number of imide groups is 1. The molecule has 8 nitrogen and oxygen atoms in total. The molecule has 3 heterocycles. The first-order valence-corrected chi connectivity index (χ1v) is 8.27. The van der Waals surface area contributed by atoms with Crippen molar-refractivity contribution in [2.45, 2.75) is 44.8 Å². The number of urea groups is 1. The van der Waals surface area contributed by atoms with Gasteiger partial charge in [-0.05, 0) is 45.7 Å². The van der Waals surface area contributed by atoms with Crippen LogP contribution in [0.1, 0.15) is 33.6 Å². The fourth-order valence-electron chi connectivity index (χ4n) is 3.08. The molecule has 4 amide bonds. The molecule has 1 aromatic rings. The van der Waals surface area contributed by atoms with Crippen molar-refractivity contribution >= 4 is 23.7 Å². The van der Waals surface area contributed by atoms with Crippen LogP contribution in [0, 0.1) is 0 Å². The van der Waals surface area contributed by atoms with E-state index in [9.17, 15) is 14.4 Å². The lowest BCUT2D eigenvalue weighted by molar-refractivity contribution is -0.123. The van der Waals surface area contributed by atoms with Crippen molar-refractivity contribution in [1.29, 1.82) is 0 Å². The monoisotopic (exact) mass is 346 g/mol. The van der Waals surface area contributed by atoms with Crippen LogP contribution in [0.4, 0.5) is 15.3 Å². The largest absolute Gasteiger partial charge is 0.444 e. The maximum Gasteiger partial charge on any atom is 0.410 e. The number of likely N-dealkylation sites (tertiary alicyclic amines) is 1. The van der Waals surface area contributed by atoms with Crippen LogP contribution in [-0.4, -0.2) is 52.1 Å². The predicted molar refractivity (Wildman–Crippen MR) is 90.0 cm³/mol. The summed E-state index contributed by atoms with van der Waals surface area (Å²) >= 11 is 0. The van der Waals surface area contributed by atoms with Crippen LogP contribution in [0.5, 0.6) is 0 Å². The second-order valence-corrected chi connectivity index (χ2v) is 7.33. The van der Waals surface area contributed by atoms with E-state index >= 15 is 0 Å². The van der Waals surface area contributed by atoms with Gasteiger partial charge in [0.25, 0.3) is 5.91 Å². The van der Waals surface area contributed by atoms with Gasteiger partial charge >= 0.3 is 12.1 Å². The third kappa shape index (κ3) is 3.29. The quantitative estimate of drug-likeness (QED) is 0.784. The molecule has 2 fully saturated rings.